The molecule has 2 amide bonds. The third-order valence-electron chi connectivity index (χ3n) is 6.48. The van der Waals surface area contributed by atoms with Crippen LogP contribution in [-0.4, -0.2) is 44.9 Å². The van der Waals surface area contributed by atoms with Crippen molar-refractivity contribution in [3.8, 4) is 0 Å². The Balaban J connectivity index is 1.72. The number of amides is 2. The molecule has 0 saturated carbocycles. The van der Waals surface area contributed by atoms with Crippen molar-refractivity contribution < 1.29 is 19.5 Å². The Labute approximate surface area is 169 Å². The fourth-order valence-electron chi connectivity index (χ4n) is 4.73. The molecule has 1 aromatic heterocycles. The van der Waals surface area contributed by atoms with Crippen LogP contribution in [0.5, 0.6) is 0 Å². The molecule has 29 heavy (non-hydrogen) atoms. The maximum absolute atomic E-state index is 13.2. The topological polar surface area (TPSA) is 103 Å². The molecule has 3 heterocycles. The Morgan fingerprint density at radius 2 is 2.10 bits per heavy atom. The molecule has 2 aromatic rings. The number of hydrogen-bond acceptors (Lipinski definition) is 3. The smallest absolute Gasteiger partial charge is 0.326 e. The summed E-state index contributed by atoms with van der Waals surface area (Å²) in [7, 11) is 0. The van der Waals surface area contributed by atoms with Crippen LogP contribution < -0.4 is 5.32 Å². The van der Waals surface area contributed by atoms with E-state index in [0.717, 1.165) is 35.0 Å². The van der Waals surface area contributed by atoms with Crippen LogP contribution >= 0.6 is 0 Å². The van der Waals surface area contributed by atoms with Crippen LogP contribution in [0.2, 0.25) is 0 Å². The van der Waals surface area contributed by atoms with Gasteiger partial charge in [-0.2, -0.15) is 0 Å². The van der Waals surface area contributed by atoms with Gasteiger partial charge < -0.3 is 20.3 Å². The number of aliphatic carboxylic acids is 1. The Morgan fingerprint density at radius 3 is 2.83 bits per heavy atom. The summed E-state index contributed by atoms with van der Waals surface area (Å²) in [5.41, 5.74) is 3.08. The van der Waals surface area contributed by atoms with Gasteiger partial charge in [-0.05, 0) is 30.4 Å². The molecule has 0 bridgehead atoms. The number of aromatic amines is 1. The zero-order chi connectivity index (χ0) is 20.7. The maximum Gasteiger partial charge on any atom is 0.326 e. The number of H-pyrrole nitrogens is 1. The van der Waals surface area contributed by atoms with E-state index >= 15 is 0 Å². The van der Waals surface area contributed by atoms with Gasteiger partial charge in [-0.15, -0.1) is 0 Å². The third kappa shape index (κ3) is 3.28. The highest BCUT2D eigenvalue weighted by molar-refractivity contribution is 5.94. The fraction of sp³-hybridized carbons (Fsp3) is 0.500. The summed E-state index contributed by atoms with van der Waals surface area (Å²) in [5, 5.41) is 13.4. The number of aromatic nitrogens is 1. The lowest BCUT2D eigenvalue weighted by Gasteiger charge is -2.44. The first-order chi connectivity index (χ1) is 13.9. The molecule has 1 fully saturated rings. The molecule has 1 saturated heterocycles. The quantitative estimate of drug-likeness (QED) is 0.722. The molecule has 2 aliphatic heterocycles. The summed E-state index contributed by atoms with van der Waals surface area (Å²) in [5.74, 6) is -1.66. The number of piperidine rings is 1. The lowest BCUT2D eigenvalue weighted by Crippen LogP contribution is -2.58. The van der Waals surface area contributed by atoms with Gasteiger partial charge in [0, 0.05) is 29.4 Å². The number of para-hydroxylation sites is 1. The van der Waals surface area contributed by atoms with Crippen molar-refractivity contribution in [2.75, 3.05) is 0 Å². The van der Waals surface area contributed by atoms with Crippen LogP contribution in [0.1, 0.15) is 56.8 Å². The van der Waals surface area contributed by atoms with Crippen molar-refractivity contribution in [3.05, 3.63) is 35.5 Å². The zero-order valence-electron chi connectivity index (χ0n) is 16.8. The lowest BCUT2D eigenvalue weighted by molar-refractivity contribution is -0.149. The van der Waals surface area contributed by atoms with Gasteiger partial charge in [-0.3, -0.25) is 9.59 Å². The normalized spacial score (nSPS) is 23.2. The number of nitrogens with one attached hydrogen (secondary N) is 2. The van der Waals surface area contributed by atoms with Gasteiger partial charge >= 0.3 is 5.97 Å². The monoisotopic (exact) mass is 397 g/mol. The first kappa shape index (κ1) is 19.5. The predicted octanol–water partition coefficient (Wildman–Crippen LogP) is 2.76. The fourth-order valence-corrected chi connectivity index (χ4v) is 4.73. The van der Waals surface area contributed by atoms with E-state index in [1.807, 2.05) is 38.1 Å². The van der Waals surface area contributed by atoms with Gasteiger partial charge in [0.2, 0.25) is 11.8 Å². The molecule has 4 rings (SSSR count). The highest BCUT2D eigenvalue weighted by Gasteiger charge is 2.44. The number of nitrogens with zero attached hydrogens (tertiary/aromatic N) is 1. The van der Waals surface area contributed by atoms with Crippen molar-refractivity contribution in [1.82, 2.24) is 15.2 Å². The third-order valence-corrected chi connectivity index (χ3v) is 6.48. The second-order valence-corrected chi connectivity index (χ2v) is 8.20. The van der Waals surface area contributed by atoms with E-state index in [1.54, 1.807) is 4.90 Å². The number of carboxylic acids is 1. The van der Waals surface area contributed by atoms with Crippen LogP contribution in [-0.2, 0) is 20.8 Å². The van der Waals surface area contributed by atoms with Crippen molar-refractivity contribution >= 4 is 28.7 Å². The molecule has 4 atom stereocenters. The van der Waals surface area contributed by atoms with Crippen molar-refractivity contribution in [2.45, 2.75) is 64.1 Å². The summed E-state index contributed by atoms with van der Waals surface area (Å²) in [6.45, 7) is 3.71. The van der Waals surface area contributed by atoms with Crippen LogP contribution in [0.15, 0.2) is 24.3 Å². The van der Waals surface area contributed by atoms with Crippen LogP contribution in [0.4, 0.5) is 0 Å². The molecule has 1 aromatic carbocycles. The van der Waals surface area contributed by atoms with Crippen molar-refractivity contribution in [3.63, 3.8) is 0 Å². The number of hydrogen-bond donors (Lipinski definition) is 3. The van der Waals surface area contributed by atoms with Crippen LogP contribution in [0, 0.1) is 5.92 Å². The highest BCUT2D eigenvalue weighted by Crippen LogP contribution is 2.42. The molecule has 0 aliphatic carbocycles. The molecule has 0 radical (unpaired) electrons. The van der Waals surface area contributed by atoms with E-state index in [-0.39, 0.29) is 23.8 Å². The molecule has 0 spiro atoms. The standard InChI is InChI=1S/C22H27N3O4/c1-3-12(2)19(22(28)29)24-21(27)17-11-14-13-7-4-5-8-15(13)23-20(14)16-9-6-10-18(26)25(16)17/h4-5,7-8,12,16-17,19,23H,3,6,9-11H2,1-2H3,(H,24,27)(H,28,29)/t12-,16+,17-,19-/m0/s1. The molecule has 3 N–H and O–H groups in total. The largest absolute Gasteiger partial charge is 0.480 e. The zero-order valence-corrected chi connectivity index (χ0v) is 16.8. The first-order valence-electron chi connectivity index (χ1n) is 10.4. The second kappa shape index (κ2) is 7.54. The van der Waals surface area contributed by atoms with E-state index in [4.69, 9.17) is 0 Å². The van der Waals surface area contributed by atoms with Crippen LogP contribution in [0.25, 0.3) is 10.9 Å². The minimum atomic E-state index is -1.04. The van der Waals surface area contributed by atoms with Gasteiger partial charge in [0.25, 0.3) is 0 Å². The van der Waals surface area contributed by atoms with Gasteiger partial charge in [-0.25, -0.2) is 4.79 Å². The average Bonchev–Trinajstić information content (AvgIpc) is 3.09. The SMILES string of the molecule is CC[C@H](C)[C@H](NC(=O)[C@@H]1Cc2c([nH]c3ccccc23)[C@H]2CCCC(=O)N21)C(=O)O. The maximum atomic E-state index is 13.2. The molecule has 7 heteroatoms. The van der Waals surface area contributed by atoms with Gasteiger partial charge in [0.1, 0.15) is 12.1 Å². The second-order valence-electron chi connectivity index (χ2n) is 8.20. The van der Waals surface area contributed by atoms with Crippen LogP contribution in [0.3, 0.4) is 0 Å². The molecular formula is C22H27N3O4. The van der Waals surface area contributed by atoms with Gasteiger partial charge in [-0.1, -0.05) is 38.5 Å². The molecule has 7 nitrogen and oxygen atoms in total. The molecule has 0 unspecified atom stereocenters. The number of rotatable bonds is 5. The van der Waals surface area contributed by atoms with E-state index in [0.29, 0.717) is 19.3 Å². The van der Waals surface area contributed by atoms with E-state index < -0.39 is 18.1 Å². The van der Waals surface area contributed by atoms with Gasteiger partial charge in [0.15, 0.2) is 0 Å². The Kier molecular flexibility index (Phi) is 5.06. The summed E-state index contributed by atoms with van der Waals surface area (Å²) in [4.78, 5) is 42.9. The molecular weight excluding hydrogens is 370 g/mol. The molecule has 154 valence electrons. The summed E-state index contributed by atoms with van der Waals surface area (Å²) >= 11 is 0. The summed E-state index contributed by atoms with van der Waals surface area (Å²) in [6.07, 6.45) is 3.03. The van der Waals surface area contributed by atoms with Crippen molar-refractivity contribution in [1.29, 1.82) is 0 Å². The molecule has 2 aliphatic rings. The Hall–Kier alpha value is -2.83. The number of carbonyl (C=O) groups is 3. The number of fused-ring (bicyclic) bond motifs is 5. The van der Waals surface area contributed by atoms with Crippen molar-refractivity contribution in [2.24, 2.45) is 5.92 Å². The minimum absolute atomic E-state index is 0.0406. The van der Waals surface area contributed by atoms with Gasteiger partial charge in [0.05, 0.1) is 6.04 Å². The number of benzene rings is 1. The number of carbonyl (C=O) groups excluding carboxylic acids is 2. The van der Waals surface area contributed by atoms with E-state index in [9.17, 15) is 19.5 Å². The van der Waals surface area contributed by atoms with E-state index in [2.05, 4.69) is 10.3 Å². The summed E-state index contributed by atoms with van der Waals surface area (Å²) < 4.78 is 0. The van der Waals surface area contributed by atoms with E-state index in [1.165, 1.54) is 0 Å². The Bertz CT molecular complexity index is 966. The predicted molar refractivity (Wildman–Crippen MR) is 108 cm³/mol. The average molecular weight is 397 g/mol. The lowest BCUT2D eigenvalue weighted by atomic mass is 9.85. The first-order valence-corrected chi connectivity index (χ1v) is 10.4. The number of carboxylic acid groups (broad SMARTS) is 1. The summed E-state index contributed by atoms with van der Waals surface area (Å²) in [6, 6.07) is 6.13. The minimum Gasteiger partial charge on any atom is -0.480 e. The highest BCUT2D eigenvalue weighted by atomic mass is 16.4. The Morgan fingerprint density at radius 1 is 1.34 bits per heavy atom.